The van der Waals surface area contributed by atoms with Crippen LogP contribution in [-0.4, -0.2) is 20.2 Å². The fourth-order valence-electron chi connectivity index (χ4n) is 1.84. The van der Waals surface area contributed by atoms with Crippen LogP contribution < -0.4 is 5.32 Å². The SMILES string of the molecule is Clc1ccccc1NC=Cc1nnnn1-c1ccccc1. The van der Waals surface area contributed by atoms with Gasteiger partial charge >= 0.3 is 0 Å². The lowest BCUT2D eigenvalue weighted by Crippen LogP contribution is -1.99. The van der Waals surface area contributed by atoms with Crippen molar-refractivity contribution in [2.75, 3.05) is 5.32 Å². The van der Waals surface area contributed by atoms with Gasteiger partial charge in [0.15, 0.2) is 5.82 Å². The van der Waals surface area contributed by atoms with Crippen LogP contribution in [0.2, 0.25) is 5.02 Å². The van der Waals surface area contributed by atoms with Gasteiger partial charge in [-0.3, -0.25) is 0 Å². The molecule has 0 saturated carbocycles. The van der Waals surface area contributed by atoms with Gasteiger partial charge in [0, 0.05) is 12.3 Å². The summed E-state index contributed by atoms with van der Waals surface area (Å²) in [6.45, 7) is 0. The number of aromatic nitrogens is 4. The number of para-hydroxylation sites is 2. The molecule has 0 amide bonds. The minimum absolute atomic E-state index is 0.626. The van der Waals surface area contributed by atoms with Gasteiger partial charge in [-0.1, -0.05) is 41.9 Å². The topological polar surface area (TPSA) is 55.6 Å². The molecule has 0 saturated heterocycles. The van der Waals surface area contributed by atoms with Gasteiger partial charge < -0.3 is 5.32 Å². The van der Waals surface area contributed by atoms with Crippen molar-refractivity contribution in [3.63, 3.8) is 0 Å². The van der Waals surface area contributed by atoms with E-state index in [1.807, 2.05) is 54.6 Å². The van der Waals surface area contributed by atoms with E-state index in [0.29, 0.717) is 10.8 Å². The first-order chi connectivity index (χ1) is 10.3. The van der Waals surface area contributed by atoms with Crippen LogP contribution in [0.4, 0.5) is 5.69 Å². The Balaban J connectivity index is 1.79. The van der Waals surface area contributed by atoms with Crippen molar-refractivity contribution in [2.45, 2.75) is 0 Å². The van der Waals surface area contributed by atoms with E-state index in [-0.39, 0.29) is 0 Å². The van der Waals surface area contributed by atoms with Crippen LogP contribution in [0.5, 0.6) is 0 Å². The third-order valence-electron chi connectivity index (χ3n) is 2.84. The summed E-state index contributed by atoms with van der Waals surface area (Å²) in [6.07, 6.45) is 3.54. The molecule has 104 valence electrons. The van der Waals surface area contributed by atoms with E-state index in [0.717, 1.165) is 11.4 Å². The maximum absolute atomic E-state index is 6.07. The minimum Gasteiger partial charge on any atom is -0.360 e. The van der Waals surface area contributed by atoms with Crippen LogP contribution in [0.1, 0.15) is 5.82 Å². The second-order valence-corrected chi connectivity index (χ2v) is 4.65. The Hall–Kier alpha value is -2.66. The molecule has 3 aromatic rings. The first-order valence-corrected chi connectivity index (χ1v) is 6.74. The van der Waals surface area contributed by atoms with Crippen molar-refractivity contribution in [2.24, 2.45) is 0 Å². The summed E-state index contributed by atoms with van der Waals surface area (Å²) >= 11 is 6.07. The zero-order valence-electron chi connectivity index (χ0n) is 11.0. The summed E-state index contributed by atoms with van der Waals surface area (Å²) < 4.78 is 1.66. The molecule has 1 heterocycles. The Morgan fingerprint density at radius 1 is 1.00 bits per heavy atom. The van der Waals surface area contributed by atoms with E-state index < -0.39 is 0 Å². The van der Waals surface area contributed by atoms with Crippen LogP contribution in [0.3, 0.4) is 0 Å². The number of anilines is 1. The van der Waals surface area contributed by atoms with Crippen LogP contribution in [0.25, 0.3) is 11.8 Å². The molecule has 3 rings (SSSR count). The Bertz CT molecular complexity index is 752. The van der Waals surface area contributed by atoms with E-state index in [1.54, 1.807) is 17.0 Å². The fourth-order valence-corrected chi connectivity index (χ4v) is 2.03. The molecule has 0 unspecified atom stereocenters. The average Bonchev–Trinajstić information content (AvgIpc) is 2.99. The number of nitrogens with zero attached hydrogens (tertiary/aromatic N) is 4. The zero-order chi connectivity index (χ0) is 14.5. The maximum Gasteiger partial charge on any atom is 0.181 e. The predicted octanol–water partition coefficient (Wildman–Crippen LogP) is 3.40. The van der Waals surface area contributed by atoms with Gasteiger partial charge in [0.05, 0.1) is 16.4 Å². The first kappa shape index (κ1) is 13.3. The molecule has 0 aliphatic heterocycles. The van der Waals surface area contributed by atoms with Gasteiger partial charge in [-0.2, -0.15) is 4.68 Å². The van der Waals surface area contributed by atoms with Crippen molar-refractivity contribution in [3.05, 3.63) is 71.6 Å². The molecular weight excluding hydrogens is 286 g/mol. The summed E-state index contributed by atoms with van der Waals surface area (Å²) in [5.74, 6) is 0.626. The van der Waals surface area contributed by atoms with Crippen molar-refractivity contribution < 1.29 is 0 Å². The average molecular weight is 298 g/mol. The van der Waals surface area contributed by atoms with Crippen molar-refractivity contribution in [1.82, 2.24) is 20.2 Å². The smallest absolute Gasteiger partial charge is 0.181 e. The Labute approximate surface area is 126 Å². The van der Waals surface area contributed by atoms with Crippen LogP contribution in [0.15, 0.2) is 60.8 Å². The number of halogens is 1. The van der Waals surface area contributed by atoms with E-state index in [4.69, 9.17) is 11.6 Å². The number of tetrazole rings is 1. The largest absolute Gasteiger partial charge is 0.360 e. The molecule has 1 aromatic heterocycles. The molecule has 0 aliphatic rings. The van der Waals surface area contributed by atoms with E-state index >= 15 is 0 Å². The highest BCUT2D eigenvalue weighted by Crippen LogP contribution is 2.20. The van der Waals surface area contributed by atoms with Gasteiger partial charge in [-0.25, -0.2) is 0 Å². The molecule has 21 heavy (non-hydrogen) atoms. The lowest BCUT2D eigenvalue weighted by atomic mass is 10.3. The molecule has 0 radical (unpaired) electrons. The second kappa shape index (κ2) is 6.19. The number of rotatable bonds is 4. The molecule has 6 heteroatoms. The van der Waals surface area contributed by atoms with Crippen molar-refractivity contribution in [3.8, 4) is 5.69 Å². The minimum atomic E-state index is 0.626. The maximum atomic E-state index is 6.07. The van der Waals surface area contributed by atoms with Gasteiger partial charge in [-0.05, 0) is 34.7 Å². The van der Waals surface area contributed by atoms with Gasteiger partial charge in [-0.15, -0.1) is 5.10 Å². The Kier molecular flexibility index (Phi) is 3.93. The van der Waals surface area contributed by atoms with E-state index in [2.05, 4.69) is 20.8 Å². The van der Waals surface area contributed by atoms with Gasteiger partial charge in [0.2, 0.25) is 0 Å². The van der Waals surface area contributed by atoms with Crippen molar-refractivity contribution >= 4 is 23.4 Å². The highest BCUT2D eigenvalue weighted by molar-refractivity contribution is 6.33. The van der Waals surface area contributed by atoms with Gasteiger partial charge in [0.1, 0.15) is 0 Å². The zero-order valence-corrected chi connectivity index (χ0v) is 11.8. The summed E-state index contributed by atoms with van der Waals surface area (Å²) in [4.78, 5) is 0. The molecule has 5 nitrogen and oxygen atoms in total. The standard InChI is InChI=1S/C15H12ClN5/c16-13-8-4-5-9-14(13)17-11-10-15-18-19-20-21(15)12-6-2-1-3-7-12/h1-11,17H. The lowest BCUT2D eigenvalue weighted by molar-refractivity contribution is 0.787. The highest BCUT2D eigenvalue weighted by atomic mass is 35.5. The number of benzene rings is 2. The molecule has 0 aliphatic carbocycles. The van der Waals surface area contributed by atoms with E-state index in [9.17, 15) is 0 Å². The molecular formula is C15H12ClN5. The lowest BCUT2D eigenvalue weighted by Gasteiger charge is -2.03. The summed E-state index contributed by atoms with van der Waals surface area (Å²) in [5, 5.41) is 15.4. The predicted molar refractivity (Wildman–Crippen MR) is 83.3 cm³/mol. The van der Waals surface area contributed by atoms with Gasteiger partial charge in [0.25, 0.3) is 0 Å². The summed E-state index contributed by atoms with van der Waals surface area (Å²) in [5.41, 5.74) is 1.73. The Morgan fingerprint density at radius 3 is 2.57 bits per heavy atom. The van der Waals surface area contributed by atoms with Crippen LogP contribution >= 0.6 is 11.6 Å². The normalized spacial score (nSPS) is 10.9. The highest BCUT2D eigenvalue weighted by Gasteiger charge is 2.04. The summed E-state index contributed by atoms with van der Waals surface area (Å²) in [6, 6.07) is 17.2. The Morgan fingerprint density at radius 2 is 1.76 bits per heavy atom. The number of hydrogen-bond donors (Lipinski definition) is 1. The molecule has 0 spiro atoms. The fraction of sp³-hybridized carbons (Fsp3) is 0. The first-order valence-electron chi connectivity index (χ1n) is 6.36. The van der Waals surface area contributed by atoms with Crippen molar-refractivity contribution in [1.29, 1.82) is 0 Å². The molecule has 0 bridgehead atoms. The molecule has 2 aromatic carbocycles. The summed E-state index contributed by atoms with van der Waals surface area (Å²) in [7, 11) is 0. The second-order valence-electron chi connectivity index (χ2n) is 4.24. The third-order valence-corrected chi connectivity index (χ3v) is 3.17. The van der Waals surface area contributed by atoms with Crippen LogP contribution in [0, 0.1) is 0 Å². The molecule has 0 fully saturated rings. The quantitative estimate of drug-likeness (QED) is 0.802. The number of hydrogen-bond acceptors (Lipinski definition) is 4. The van der Waals surface area contributed by atoms with Crippen LogP contribution in [-0.2, 0) is 0 Å². The molecule has 0 atom stereocenters. The van der Waals surface area contributed by atoms with E-state index in [1.165, 1.54) is 0 Å². The molecule has 1 N–H and O–H groups in total. The monoisotopic (exact) mass is 297 g/mol. The number of nitrogens with one attached hydrogen (secondary N) is 1. The third kappa shape index (κ3) is 3.09.